The van der Waals surface area contributed by atoms with Crippen molar-refractivity contribution in [2.24, 2.45) is 0 Å². The van der Waals surface area contributed by atoms with E-state index in [2.05, 4.69) is 5.32 Å². The molecule has 3 aromatic rings. The molecule has 3 aromatic carbocycles. The van der Waals surface area contributed by atoms with E-state index in [0.717, 1.165) is 21.0 Å². The summed E-state index contributed by atoms with van der Waals surface area (Å²) in [5.74, 6) is -0.822. The summed E-state index contributed by atoms with van der Waals surface area (Å²) in [5, 5.41) is 3.16. The van der Waals surface area contributed by atoms with Crippen molar-refractivity contribution in [3.05, 3.63) is 94.5 Å². The Labute approximate surface area is 243 Å². The molecule has 214 valence electrons. The van der Waals surface area contributed by atoms with Gasteiger partial charge in [0, 0.05) is 12.1 Å². The van der Waals surface area contributed by atoms with Crippen molar-refractivity contribution >= 4 is 39.1 Å². The summed E-state index contributed by atoms with van der Waals surface area (Å²) in [5.41, 5.74) is 2.39. The lowest BCUT2D eigenvalue weighted by atomic mass is 10.0. The third kappa shape index (κ3) is 7.64. The molecule has 0 bridgehead atoms. The maximum atomic E-state index is 14.2. The molecule has 1 N–H and O–H groups in total. The molecule has 0 aromatic heterocycles. The highest BCUT2D eigenvalue weighted by Gasteiger charge is 2.35. The van der Waals surface area contributed by atoms with Gasteiger partial charge in [-0.05, 0) is 76.4 Å². The van der Waals surface area contributed by atoms with Crippen LogP contribution in [0.15, 0.2) is 77.7 Å². The topological polar surface area (TPSA) is 86.8 Å². The second-order valence-corrected chi connectivity index (χ2v) is 13.2. The van der Waals surface area contributed by atoms with Crippen molar-refractivity contribution in [1.29, 1.82) is 0 Å². The summed E-state index contributed by atoms with van der Waals surface area (Å²) in [4.78, 5) is 29.1. The van der Waals surface area contributed by atoms with Crippen LogP contribution >= 0.6 is 11.6 Å². The number of rotatable bonds is 10. The Morgan fingerprint density at radius 1 is 0.925 bits per heavy atom. The average molecular weight is 584 g/mol. The summed E-state index contributed by atoms with van der Waals surface area (Å²) in [6.45, 7) is 10.9. The molecule has 3 rings (SSSR count). The number of sulfonamides is 1. The Morgan fingerprint density at radius 2 is 1.52 bits per heavy atom. The van der Waals surface area contributed by atoms with Gasteiger partial charge in [-0.25, -0.2) is 8.42 Å². The predicted octanol–water partition coefficient (Wildman–Crippen LogP) is 5.87. The van der Waals surface area contributed by atoms with E-state index in [4.69, 9.17) is 11.6 Å². The Kier molecular flexibility index (Phi) is 10.0. The van der Waals surface area contributed by atoms with Crippen LogP contribution in [0.1, 0.15) is 50.8 Å². The number of amides is 2. The Hall–Kier alpha value is -3.36. The highest BCUT2D eigenvalue weighted by atomic mass is 35.5. The molecule has 0 saturated carbocycles. The molecular weight excluding hydrogens is 546 g/mol. The third-order valence-electron chi connectivity index (χ3n) is 6.50. The van der Waals surface area contributed by atoms with Crippen LogP contribution in [0, 0.1) is 13.8 Å². The maximum absolute atomic E-state index is 14.2. The lowest BCUT2D eigenvalue weighted by molar-refractivity contribution is -0.141. The molecule has 0 aliphatic heterocycles. The maximum Gasteiger partial charge on any atom is 0.264 e. The monoisotopic (exact) mass is 583 g/mol. The normalized spacial score (nSPS) is 12.5. The number of nitrogens with zero attached hydrogens (tertiary/aromatic N) is 2. The zero-order valence-corrected chi connectivity index (χ0v) is 25.5. The standard InChI is InChI=1S/C31H38ClN3O4S/c1-7-27(30(37)33-31(4,5)6)34(20-24-13-9-8-12-23(24)3)29(36)21-35(28-15-11-10-14-26(28)32)40(38,39)25-18-16-22(2)17-19-25/h8-19,27H,7,20-21H2,1-6H3,(H,33,37)/t27-/m0/s1. The summed E-state index contributed by atoms with van der Waals surface area (Å²) in [6, 6.07) is 19.7. The smallest absolute Gasteiger partial charge is 0.264 e. The fraction of sp³-hybridized carbons (Fsp3) is 0.355. The molecule has 9 heteroatoms. The Bertz CT molecular complexity index is 1450. The summed E-state index contributed by atoms with van der Waals surface area (Å²) >= 11 is 6.47. The molecule has 2 amide bonds. The molecule has 0 radical (unpaired) electrons. The third-order valence-corrected chi connectivity index (χ3v) is 8.59. The highest BCUT2D eigenvalue weighted by molar-refractivity contribution is 7.92. The van der Waals surface area contributed by atoms with Gasteiger partial charge in [-0.1, -0.05) is 72.6 Å². The van der Waals surface area contributed by atoms with Gasteiger partial charge in [0.25, 0.3) is 10.0 Å². The zero-order chi connectivity index (χ0) is 29.7. The van der Waals surface area contributed by atoms with Crippen LogP contribution in [-0.2, 0) is 26.2 Å². The molecule has 40 heavy (non-hydrogen) atoms. The lowest BCUT2D eigenvalue weighted by Gasteiger charge is -2.35. The van der Waals surface area contributed by atoms with Crippen molar-refractivity contribution in [2.75, 3.05) is 10.8 Å². The minimum atomic E-state index is -4.18. The van der Waals surface area contributed by atoms with E-state index in [1.54, 1.807) is 36.4 Å². The zero-order valence-electron chi connectivity index (χ0n) is 23.9. The number of hydrogen-bond acceptors (Lipinski definition) is 4. The number of hydrogen-bond donors (Lipinski definition) is 1. The van der Waals surface area contributed by atoms with Gasteiger partial charge in [-0.2, -0.15) is 0 Å². The molecule has 0 spiro atoms. The Morgan fingerprint density at radius 3 is 2.10 bits per heavy atom. The van der Waals surface area contributed by atoms with Crippen LogP contribution in [0.5, 0.6) is 0 Å². The van der Waals surface area contributed by atoms with Crippen LogP contribution in [0.3, 0.4) is 0 Å². The summed E-state index contributed by atoms with van der Waals surface area (Å²) in [7, 11) is -4.18. The Balaban J connectivity index is 2.10. The minimum Gasteiger partial charge on any atom is -0.350 e. The number of benzene rings is 3. The van der Waals surface area contributed by atoms with E-state index in [0.29, 0.717) is 6.42 Å². The number of nitrogens with one attached hydrogen (secondary N) is 1. The van der Waals surface area contributed by atoms with E-state index in [-0.39, 0.29) is 28.1 Å². The largest absolute Gasteiger partial charge is 0.350 e. The van der Waals surface area contributed by atoms with Crippen molar-refractivity contribution < 1.29 is 18.0 Å². The summed E-state index contributed by atoms with van der Waals surface area (Å²) < 4.78 is 28.9. The molecule has 1 atom stereocenters. The quantitative estimate of drug-likeness (QED) is 0.323. The second-order valence-electron chi connectivity index (χ2n) is 10.9. The molecule has 0 unspecified atom stereocenters. The first-order valence-corrected chi connectivity index (χ1v) is 15.1. The van der Waals surface area contributed by atoms with E-state index < -0.39 is 34.1 Å². The van der Waals surface area contributed by atoms with Gasteiger partial charge < -0.3 is 10.2 Å². The SMILES string of the molecule is CC[C@@H](C(=O)NC(C)(C)C)N(Cc1ccccc1C)C(=O)CN(c1ccccc1Cl)S(=O)(=O)c1ccc(C)cc1. The van der Waals surface area contributed by atoms with Crippen molar-refractivity contribution in [3.8, 4) is 0 Å². The van der Waals surface area contributed by atoms with E-state index in [9.17, 15) is 18.0 Å². The molecule has 7 nitrogen and oxygen atoms in total. The fourth-order valence-corrected chi connectivity index (χ4v) is 6.07. The molecule has 0 fully saturated rings. The fourth-order valence-electron chi connectivity index (χ4n) is 4.35. The van der Waals surface area contributed by atoms with E-state index >= 15 is 0 Å². The van der Waals surface area contributed by atoms with Crippen LogP contribution in [0.4, 0.5) is 5.69 Å². The lowest BCUT2D eigenvalue weighted by Crippen LogP contribution is -2.55. The second kappa shape index (κ2) is 12.9. The van der Waals surface area contributed by atoms with E-state index in [1.165, 1.54) is 17.0 Å². The number of carbonyl (C=O) groups is 2. The van der Waals surface area contributed by atoms with Crippen LogP contribution in [0.25, 0.3) is 0 Å². The summed E-state index contributed by atoms with van der Waals surface area (Å²) in [6.07, 6.45) is 0.344. The number of aryl methyl sites for hydroxylation is 2. The van der Waals surface area contributed by atoms with Crippen LogP contribution in [0.2, 0.25) is 5.02 Å². The van der Waals surface area contributed by atoms with Crippen LogP contribution < -0.4 is 9.62 Å². The van der Waals surface area contributed by atoms with Gasteiger partial charge in [0.05, 0.1) is 15.6 Å². The van der Waals surface area contributed by atoms with Gasteiger partial charge in [0.2, 0.25) is 11.8 Å². The van der Waals surface area contributed by atoms with Crippen LogP contribution in [-0.4, -0.2) is 43.3 Å². The van der Waals surface area contributed by atoms with Gasteiger partial charge >= 0.3 is 0 Å². The molecular formula is C31H38ClN3O4S. The molecule has 0 heterocycles. The van der Waals surface area contributed by atoms with E-state index in [1.807, 2.05) is 65.8 Å². The number of carbonyl (C=O) groups excluding carboxylic acids is 2. The van der Waals surface area contributed by atoms with Crippen molar-refractivity contribution in [1.82, 2.24) is 10.2 Å². The van der Waals surface area contributed by atoms with Gasteiger partial charge in [0.1, 0.15) is 12.6 Å². The molecule has 0 saturated heterocycles. The van der Waals surface area contributed by atoms with Gasteiger partial charge in [-0.3, -0.25) is 13.9 Å². The minimum absolute atomic E-state index is 0.0359. The number of anilines is 1. The molecule has 0 aliphatic carbocycles. The number of halogens is 1. The van der Waals surface area contributed by atoms with Crippen molar-refractivity contribution in [3.63, 3.8) is 0 Å². The predicted molar refractivity (Wildman–Crippen MR) is 161 cm³/mol. The van der Waals surface area contributed by atoms with Gasteiger partial charge in [-0.15, -0.1) is 0 Å². The average Bonchev–Trinajstić information content (AvgIpc) is 2.88. The highest BCUT2D eigenvalue weighted by Crippen LogP contribution is 2.31. The first-order chi connectivity index (χ1) is 18.7. The first-order valence-electron chi connectivity index (χ1n) is 13.2. The molecule has 0 aliphatic rings. The van der Waals surface area contributed by atoms with Crippen molar-refractivity contribution in [2.45, 2.75) is 71.0 Å². The van der Waals surface area contributed by atoms with Gasteiger partial charge in [0.15, 0.2) is 0 Å². The number of para-hydroxylation sites is 1. The first kappa shape index (κ1) is 31.2.